The van der Waals surface area contributed by atoms with Crippen LogP contribution in [-0.2, 0) is 9.53 Å². The van der Waals surface area contributed by atoms with Crippen LogP contribution < -0.4 is 9.64 Å². The molecule has 2 heterocycles. The van der Waals surface area contributed by atoms with Crippen molar-refractivity contribution in [2.45, 2.75) is 13.8 Å². The Balaban J connectivity index is 1.55. The Labute approximate surface area is 211 Å². The molecule has 0 bridgehead atoms. The van der Waals surface area contributed by atoms with Crippen molar-refractivity contribution >= 4 is 63.5 Å². The van der Waals surface area contributed by atoms with Crippen molar-refractivity contribution in [3.8, 4) is 17.1 Å². The van der Waals surface area contributed by atoms with Gasteiger partial charge in [0, 0.05) is 11.6 Å². The molecule has 1 aliphatic heterocycles. The zero-order chi connectivity index (χ0) is 24.2. The highest BCUT2D eigenvalue weighted by Crippen LogP contribution is 2.37. The van der Waals surface area contributed by atoms with Gasteiger partial charge in [-0.3, -0.25) is 9.69 Å². The lowest BCUT2D eigenvalue weighted by Crippen LogP contribution is -2.27. The minimum atomic E-state index is -0.501. The van der Waals surface area contributed by atoms with Crippen molar-refractivity contribution in [3.05, 3.63) is 75.8 Å². The summed E-state index contributed by atoms with van der Waals surface area (Å²) in [4.78, 5) is 27.1. The molecule has 1 fully saturated rings. The molecule has 0 spiro atoms. The molecule has 1 saturated heterocycles. The molecular weight excluding hydrogens is 494 g/mol. The molecule has 0 atom stereocenters. The van der Waals surface area contributed by atoms with Crippen LogP contribution in [0, 0.1) is 0 Å². The zero-order valence-electron chi connectivity index (χ0n) is 18.4. The average Bonchev–Trinajstić information content (AvgIpc) is 3.39. The molecule has 0 radical (unpaired) electrons. The van der Waals surface area contributed by atoms with E-state index in [-0.39, 0.29) is 18.1 Å². The van der Waals surface area contributed by atoms with Gasteiger partial charge in [-0.25, -0.2) is 4.79 Å². The van der Waals surface area contributed by atoms with Crippen molar-refractivity contribution < 1.29 is 23.5 Å². The Morgan fingerprint density at radius 1 is 1.12 bits per heavy atom. The van der Waals surface area contributed by atoms with Gasteiger partial charge in [0.1, 0.15) is 17.3 Å². The first-order valence-corrected chi connectivity index (χ1v) is 12.1. The third-order valence-electron chi connectivity index (χ3n) is 4.85. The van der Waals surface area contributed by atoms with Crippen LogP contribution in [0.15, 0.2) is 63.9 Å². The maximum Gasteiger partial charge on any atom is 0.339 e. The summed E-state index contributed by atoms with van der Waals surface area (Å²) in [6, 6.07) is 15.7. The Bertz CT molecular complexity index is 1280. The average molecular weight is 514 g/mol. The van der Waals surface area contributed by atoms with Crippen LogP contribution >= 0.6 is 35.6 Å². The van der Waals surface area contributed by atoms with Gasteiger partial charge >= 0.3 is 5.97 Å². The van der Waals surface area contributed by atoms with Gasteiger partial charge in [-0.2, -0.15) is 0 Å². The number of rotatable bonds is 7. The van der Waals surface area contributed by atoms with E-state index >= 15 is 0 Å². The van der Waals surface area contributed by atoms with Gasteiger partial charge in [0.25, 0.3) is 5.91 Å². The van der Waals surface area contributed by atoms with Crippen LogP contribution in [0.2, 0.25) is 5.02 Å². The second-order valence-corrected chi connectivity index (χ2v) is 9.14. The fourth-order valence-corrected chi connectivity index (χ4v) is 4.78. The largest absolute Gasteiger partial charge is 0.494 e. The third-order valence-corrected chi connectivity index (χ3v) is 6.48. The lowest BCUT2D eigenvalue weighted by molar-refractivity contribution is -0.113. The van der Waals surface area contributed by atoms with Crippen LogP contribution in [0.1, 0.15) is 30.0 Å². The topological polar surface area (TPSA) is 69.0 Å². The lowest BCUT2D eigenvalue weighted by Gasteiger charge is -2.15. The Hall–Kier alpha value is -3.07. The number of halogens is 1. The van der Waals surface area contributed by atoms with E-state index in [1.165, 1.54) is 16.7 Å². The summed E-state index contributed by atoms with van der Waals surface area (Å²) in [5.41, 5.74) is 1.59. The minimum absolute atomic E-state index is 0.229. The first kappa shape index (κ1) is 24.1. The minimum Gasteiger partial charge on any atom is -0.494 e. The van der Waals surface area contributed by atoms with Gasteiger partial charge in [-0.1, -0.05) is 35.6 Å². The van der Waals surface area contributed by atoms with E-state index in [9.17, 15) is 9.59 Å². The van der Waals surface area contributed by atoms with Crippen LogP contribution in [0.5, 0.6) is 5.75 Å². The van der Waals surface area contributed by atoms with Crippen LogP contribution in [0.25, 0.3) is 17.4 Å². The molecule has 1 aromatic heterocycles. The molecule has 174 valence electrons. The van der Waals surface area contributed by atoms with Gasteiger partial charge in [-0.15, -0.1) is 0 Å². The van der Waals surface area contributed by atoms with Crippen molar-refractivity contribution in [1.82, 2.24) is 0 Å². The SMILES string of the molecule is CCOC(=O)c1cc(-c2ccc(/C=C3/SC(=S)N(c4ccc(OCC)cc4)C3=O)o2)ccc1Cl. The molecule has 3 aromatic rings. The van der Waals surface area contributed by atoms with E-state index < -0.39 is 5.97 Å². The first-order chi connectivity index (χ1) is 16.4. The summed E-state index contributed by atoms with van der Waals surface area (Å²) >= 11 is 12.8. The van der Waals surface area contributed by atoms with E-state index in [4.69, 9.17) is 37.7 Å². The van der Waals surface area contributed by atoms with Crippen molar-refractivity contribution in [1.29, 1.82) is 0 Å². The van der Waals surface area contributed by atoms with Gasteiger partial charge in [-0.05, 0) is 68.4 Å². The van der Waals surface area contributed by atoms with E-state index in [0.717, 1.165) is 5.75 Å². The molecule has 0 saturated carbocycles. The maximum absolute atomic E-state index is 13.0. The summed E-state index contributed by atoms with van der Waals surface area (Å²) in [5, 5.41) is 0.298. The van der Waals surface area contributed by atoms with E-state index in [1.54, 1.807) is 67.6 Å². The highest BCUT2D eigenvalue weighted by molar-refractivity contribution is 8.27. The Kier molecular flexibility index (Phi) is 7.41. The van der Waals surface area contributed by atoms with Crippen molar-refractivity contribution in [3.63, 3.8) is 0 Å². The van der Waals surface area contributed by atoms with Crippen molar-refractivity contribution in [2.24, 2.45) is 0 Å². The molecule has 9 heteroatoms. The summed E-state index contributed by atoms with van der Waals surface area (Å²) in [5.74, 6) is 1.00. The number of furan rings is 1. The molecule has 0 N–H and O–H groups in total. The maximum atomic E-state index is 13.0. The highest BCUT2D eigenvalue weighted by atomic mass is 35.5. The number of carbonyl (C=O) groups excluding carboxylic acids is 2. The normalized spacial score (nSPS) is 14.7. The molecule has 6 nitrogen and oxygen atoms in total. The number of thiocarbonyl (C=S) groups is 1. The molecule has 0 unspecified atom stereocenters. The molecule has 1 aliphatic rings. The van der Waals surface area contributed by atoms with Gasteiger partial charge < -0.3 is 13.9 Å². The number of ether oxygens (including phenoxy) is 2. The van der Waals surface area contributed by atoms with Crippen LogP contribution in [0.3, 0.4) is 0 Å². The number of benzene rings is 2. The number of amides is 1. The summed E-state index contributed by atoms with van der Waals surface area (Å²) in [6.07, 6.45) is 1.65. The van der Waals surface area contributed by atoms with Gasteiger partial charge in [0.2, 0.25) is 0 Å². The van der Waals surface area contributed by atoms with Crippen LogP contribution in [0.4, 0.5) is 5.69 Å². The second-order valence-electron chi connectivity index (χ2n) is 7.06. The monoisotopic (exact) mass is 513 g/mol. The highest BCUT2D eigenvalue weighted by Gasteiger charge is 2.33. The fourth-order valence-electron chi connectivity index (χ4n) is 3.31. The standard InChI is InChI=1S/C25H20ClNO5S2/c1-3-30-17-8-6-16(7-9-17)27-23(28)22(34-25(27)33)14-18-10-12-21(32-18)15-5-11-20(26)19(13-15)24(29)31-4-2/h5-14H,3-4H2,1-2H3/b22-14+. The second kappa shape index (κ2) is 10.5. The zero-order valence-corrected chi connectivity index (χ0v) is 20.8. The Morgan fingerprint density at radius 2 is 1.88 bits per heavy atom. The summed E-state index contributed by atoms with van der Waals surface area (Å²) < 4.78 is 16.9. The number of nitrogens with zero attached hydrogens (tertiary/aromatic N) is 1. The van der Waals surface area contributed by atoms with Crippen molar-refractivity contribution in [2.75, 3.05) is 18.1 Å². The predicted octanol–water partition coefficient (Wildman–Crippen LogP) is 6.58. The molecule has 4 rings (SSSR count). The lowest BCUT2D eigenvalue weighted by atomic mass is 10.1. The number of thioether (sulfide) groups is 1. The molecule has 0 aliphatic carbocycles. The number of hydrogen-bond acceptors (Lipinski definition) is 7. The van der Waals surface area contributed by atoms with E-state index in [2.05, 4.69) is 0 Å². The summed E-state index contributed by atoms with van der Waals surface area (Å²) in [6.45, 7) is 4.45. The molecule has 2 aromatic carbocycles. The quantitative estimate of drug-likeness (QED) is 0.201. The smallest absolute Gasteiger partial charge is 0.339 e. The molecular formula is C25H20ClNO5S2. The number of anilines is 1. The number of carbonyl (C=O) groups is 2. The number of hydrogen-bond donors (Lipinski definition) is 0. The molecule has 34 heavy (non-hydrogen) atoms. The Morgan fingerprint density at radius 3 is 2.59 bits per heavy atom. The van der Waals surface area contributed by atoms with E-state index in [0.29, 0.717) is 43.6 Å². The van der Waals surface area contributed by atoms with Gasteiger partial charge in [0.15, 0.2) is 4.32 Å². The first-order valence-electron chi connectivity index (χ1n) is 10.5. The van der Waals surface area contributed by atoms with E-state index in [1.807, 2.05) is 6.92 Å². The summed E-state index contributed by atoms with van der Waals surface area (Å²) in [7, 11) is 0. The predicted molar refractivity (Wildman–Crippen MR) is 138 cm³/mol. The number of esters is 1. The molecule has 1 amide bonds. The van der Waals surface area contributed by atoms with Gasteiger partial charge in [0.05, 0.1) is 34.4 Å². The van der Waals surface area contributed by atoms with Crippen LogP contribution in [-0.4, -0.2) is 29.4 Å². The third kappa shape index (κ3) is 5.04. The fraction of sp³-hybridized carbons (Fsp3) is 0.160.